The van der Waals surface area contributed by atoms with E-state index >= 15 is 0 Å². The number of ether oxygens (including phenoxy) is 1. The highest BCUT2D eigenvalue weighted by Gasteiger charge is 2.42. The van der Waals surface area contributed by atoms with Crippen molar-refractivity contribution in [1.82, 2.24) is 0 Å². The van der Waals surface area contributed by atoms with Crippen LogP contribution in [0.15, 0.2) is 83.8 Å². The van der Waals surface area contributed by atoms with Gasteiger partial charge in [-0.3, -0.25) is 4.31 Å². The minimum atomic E-state index is -3.60. The van der Waals surface area contributed by atoms with E-state index in [-0.39, 0.29) is 6.04 Å². The molecule has 0 saturated heterocycles. The predicted molar refractivity (Wildman–Crippen MR) is 102 cm³/mol. The SMILES string of the molecule is COc1ccc(N2C(Cc3ccccc3)c3ccccc3S2(=O)=O)cc1. The first-order chi connectivity index (χ1) is 12.6. The molecular formula is C21H19NO3S. The number of methoxy groups -OCH3 is 1. The molecule has 0 aliphatic carbocycles. The fraction of sp³-hybridized carbons (Fsp3) is 0.143. The van der Waals surface area contributed by atoms with Crippen LogP contribution in [0.3, 0.4) is 0 Å². The lowest BCUT2D eigenvalue weighted by Crippen LogP contribution is -2.29. The van der Waals surface area contributed by atoms with Gasteiger partial charge in [0.2, 0.25) is 0 Å². The average molecular weight is 365 g/mol. The smallest absolute Gasteiger partial charge is 0.265 e. The van der Waals surface area contributed by atoms with E-state index in [1.54, 1.807) is 43.5 Å². The number of sulfonamides is 1. The van der Waals surface area contributed by atoms with E-state index in [2.05, 4.69) is 0 Å². The van der Waals surface area contributed by atoms with E-state index in [9.17, 15) is 8.42 Å². The van der Waals surface area contributed by atoms with Crippen LogP contribution in [0.5, 0.6) is 5.75 Å². The van der Waals surface area contributed by atoms with E-state index < -0.39 is 10.0 Å². The van der Waals surface area contributed by atoms with E-state index in [0.717, 1.165) is 11.1 Å². The third-order valence-corrected chi connectivity index (χ3v) is 6.61. The third-order valence-electron chi connectivity index (χ3n) is 4.70. The van der Waals surface area contributed by atoms with Crippen LogP contribution < -0.4 is 9.04 Å². The lowest BCUT2D eigenvalue weighted by atomic mass is 9.98. The minimum absolute atomic E-state index is 0.271. The van der Waals surface area contributed by atoms with Crippen molar-refractivity contribution in [2.45, 2.75) is 17.4 Å². The molecule has 1 aliphatic heterocycles. The summed E-state index contributed by atoms with van der Waals surface area (Å²) in [5.74, 6) is 0.697. The molecule has 5 heteroatoms. The van der Waals surface area contributed by atoms with Crippen molar-refractivity contribution in [3.8, 4) is 5.75 Å². The Morgan fingerprint density at radius 2 is 1.54 bits per heavy atom. The number of nitrogens with zero attached hydrogens (tertiary/aromatic N) is 1. The summed E-state index contributed by atoms with van der Waals surface area (Å²) < 4.78 is 33.2. The largest absolute Gasteiger partial charge is 0.497 e. The number of hydrogen-bond acceptors (Lipinski definition) is 3. The fourth-order valence-corrected chi connectivity index (χ4v) is 5.36. The Balaban J connectivity index is 1.83. The van der Waals surface area contributed by atoms with E-state index in [1.165, 1.54) is 4.31 Å². The Labute approximate surface area is 153 Å². The molecule has 0 saturated carbocycles. The molecule has 0 fully saturated rings. The third kappa shape index (κ3) is 2.74. The summed E-state index contributed by atoms with van der Waals surface area (Å²) in [7, 11) is -2.00. The van der Waals surface area contributed by atoms with Crippen LogP contribution in [0.2, 0.25) is 0 Å². The first-order valence-corrected chi connectivity index (χ1v) is 9.86. The van der Waals surface area contributed by atoms with Gasteiger partial charge in [-0.15, -0.1) is 0 Å². The van der Waals surface area contributed by atoms with Crippen LogP contribution in [0.1, 0.15) is 17.2 Å². The molecule has 0 radical (unpaired) electrons. The number of anilines is 1. The molecule has 1 atom stereocenters. The standard InChI is InChI=1S/C21H19NO3S/c1-25-18-13-11-17(12-14-18)22-20(15-16-7-3-2-4-8-16)19-9-5-6-10-21(19)26(22,23)24/h2-14,20H,15H2,1H3. The summed E-state index contributed by atoms with van der Waals surface area (Å²) >= 11 is 0. The fourth-order valence-electron chi connectivity index (χ4n) is 3.47. The van der Waals surface area contributed by atoms with Gasteiger partial charge < -0.3 is 4.74 Å². The molecular weight excluding hydrogens is 346 g/mol. The van der Waals surface area contributed by atoms with Crippen molar-refractivity contribution >= 4 is 15.7 Å². The number of rotatable bonds is 4. The second-order valence-corrected chi connectivity index (χ2v) is 8.03. The monoisotopic (exact) mass is 365 g/mol. The van der Waals surface area contributed by atoms with Crippen molar-refractivity contribution in [3.05, 3.63) is 90.0 Å². The van der Waals surface area contributed by atoms with E-state index in [0.29, 0.717) is 22.8 Å². The summed E-state index contributed by atoms with van der Waals surface area (Å²) in [5, 5.41) is 0. The maximum atomic E-state index is 13.2. The summed E-state index contributed by atoms with van der Waals surface area (Å²) in [4.78, 5) is 0.386. The van der Waals surface area contributed by atoms with Crippen LogP contribution in [0.4, 0.5) is 5.69 Å². The molecule has 0 amide bonds. The van der Waals surface area contributed by atoms with Crippen LogP contribution in [0.25, 0.3) is 0 Å². The van der Waals surface area contributed by atoms with Gasteiger partial charge in [0.15, 0.2) is 0 Å². The lowest BCUT2D eigenvalue weighted by Gasteiger charge is -2.26. The maximum Gasteiger partial charge on any atom is 0.265 e. The van der Waals surface area contributed by atoms with Crippen LogP contribution in [-0.2, 0) is 16.4 Å². The molecule has 3 aromatic carbocycles. The van der Waals surface area contributed by atoms with Gasteiger partial charge in [-0.2, -0.15) is 0 Å². The van der Waals surface area contributed by atoms with Gasteiger partial charge in [0.1, 0.15) is 5.75 Å². The molecule has 132 valence electrons. The summed E-state index contributed by atoms with van der Waals surface area (Å²) in [6.45, 7) is 0. The molecule has 3 aromatic rings. The molecule has 0 spiro atoms. The number of fused-ring (bicyclic) bond motifs is 1. The van der Waals surface area contributed by atoms with Gasteiger partial charge in [-0.1, -0.05) is 48.5 Å². The lowest BCUT2D eigenvalue weighted by molar-refractivity contribution is 0.415. The summed E-state index contributed by atoms with van der Waals surface area (Å²) in [6.07, 6.45) is 0.614. The van der Waals surface area contributed by atoms with Crippen molar-refractivity contribution in [3.63, 3.8) is 0 Å². The average Bonchev–Trinajstić information content (AvgIpc) is 2.90. The summed E-state index contributed by atoms with van der Waals surface area (Å²) in [6, 6.07) is 24.1. The molecule has 4 rings (SSSR count). The second kappa shape index (κ2) is 6.50. The van der Waals surface area contributed by atoms with Crippen LogP contribution in [0, 0.1) is 0 Å². The number of hydrogen-bond donors (Lipinski definition) is 0. The first kappa shape index (κ1) is 16.7. The van der Waals surface area contributed by atoms with Gasteiger partial charge in [0.25, 0.3) is 10.0 Å². The normalized spacial score (nSPS) is 17.7. The zero-order valence-electron chi connectivity index (χ0n) is 14.4. The van der Waals surface area contributed by atoms with Crippen molar-refractivity contribution < 1.29 is 13.2 Å². The molecule has 1 aliphatic rings. The van der Waals surface area contributed by atoms with E-state index in [1.807, 2.05) is 42.5 Å². The highest BCUT2D eigenvalue weighted by Crippen LogP contribution is 2.44. The molecule has 0 bridgehead atoms. The Morgan fingerprint density at radius 3 is 2.23 bits per heavy atom. The van der Waals surface area contributed by atoms with Gasteiger partial charge in [-0.25, -0.2) is 8.42 Å². The van der Waals surface area contributed by atoms with Crippen molar-refractivity contribution in [2.75, 3.05) is 11.4 Å². The molecule has 26 heavy (non-hydrogen) atoms. The Morgan fingerprint density at radius 1 is 0.885 bits per heavy atom. The first-order valence-electron chi connectivity index (χ1n) is 8.42. The molecule has 1 heterocycles. The molecule has 0 N–H and O–H groups in total. The minimum Gasteiger partial charge on any atom is -0.497 e. The van der Waals surface area contributed by atoms with Gasteiger partial charge in [0.05, 0.1) is 23.7 Å². The topological polar surface area (TPSA) is 46.6 Å². The molecule has 4 nitrogen and oxygen atoms in total. The quantitative estimate of drug-likeness (QED) is 0.696. The maximum absolute atomic E-state index is 13.2. The molecule has 0 aromatic heterocycles. The number of benzene rings is 3. The Bertz CT molecular complexity index is 1010. The second-order valence-electron chi connectivity index (χ2n) is 6.24. The zero-order valence-corrected chi connectivity index (χ0v) is 15.2. The zero-order chi connectivity index (χ0) is 18.1. The molecule has 1 unspecified atom stereocenters. The van der Waals surface area contributed by atoms with Gasteiger partial charge in [-0.05, 0) is 47.9 Å². The van der Waals surface area contributed by atoms with E-state index in [4.69, 9.17) is 4.74 Å². The van der Waals surface area contributed by atoms with Crippen molar-refractivity contribution in [2.24, 2.45) is 0 Å². The van der Waals surface area contributed by atoms with Crippen molar-refractivity contribution in [1.29, 1.82) is 0 Å². The Hall–Kier alpha value is -2.79. The Kier molecular flexibility index (Phi) is 4.17. The summed E-state index contributed by atoms with van der Waals surface area (Å²) in [5.41, 5.74) is 2.58. The highest BCUT2D eigenvalue weighted by molar-refractivity contribution is 7.93. The van der Waals surface area contributed by atoms with Crippen LogP contribution >= 0.6 is 0 Å². The highest BCUT2D eigenvalue weighted by atomic mass is 32.2. The van der Waals surface area contributed by atoms with Gasteiger partial charge in [0, 0.05) is 0 Å². The predicted octanol–water partition coefficient (Wildman–Crippen LogP) is 4.19. The van der Waals surface area contributed by atoms with Crippen LogP contribution in [-0.4, -0.2) is 15.5 Å². The van der Waals surface area contributed by atoms with Gasteiger partial charge >= 0.3 is 0 Å².